The van der Waals surface area contributed by atoms with Crippen LogP contribution in [0.3, 0.4) is 0 Å². The van der Waals surface area contributed by atoms with E-state index in [4.69, 9.17) is 5.11 Å². The minimum atomic E-state index is -1.08. The summed E-state index contributed by atoms with van der Waals surface area (Å²) in [5, 5.41) is 14.2. The van der Waals surface area contributed by atoms with Crippen LogP contribution >= 0.6 is 0 Å². The Morgan fingerprint density at radius 1 is 1.43 bits per heavy atom. The number of rotatable bonds is 9. The van der Waals surface area contributed by atoms with Crippen molar-refractivity contribution in [2.24, 2.45) is 0 Å². The quantitative estimate of drug-likeness (QED) is 0.514. The van der Waals surface area contributed by atoms with Crippen molar-refractivity contribution in [1.29, 1.82) is 0 Å². The van der Waals surface area contributed by atoms with Gasteiger partial charge in [-0.2, -0.15) is 0 Å². The number of aliphatic carboxylic acids is 1. The molecule has 4 N–H and O–H groups in total. The number of carboxylic acids is 1. The van der Waals surface area contributed by atoms with Gasteiger partial charge < -0.3 is 25.6 Å². The van der Waals surface area contributed by atoms with Crippen LogP contribution in [0.25, 0.3) is 0 Å². The smallest absolute Gasteiger partial charge is 0.326 e. The Hall–Kier alpha value is -2.09. The van der Waals surface area contributed by atoms with Gasteiger partial charge in [-0.05, 0) is 13.1 Å². The van der Waals surface area contributed by atoms with Crippen molar-refractivity contribution < 1.29 is 14.7 Å². The highest BCUT2D eigenvalue weighted by Crippen LogP contribution is 1.98. The van der Waals surface area contributed by atoms with Gasteiger partial charge in [-0.1, -0.05) is 13.8 Å². The zero-order valence-electron chi connectivity index (χ0n) is 12.4. The van der Waals surface area contributed by atoms with Crippen LogP contribution in [0.5, 0.6) is 0 Å². The molecule has 21 heavy (non-hydrogen) atoms. The molecule has 1 aromatic rings. The van der Waals surface area contributed by atoms with Crippen LogP contribution in [0.2, 0.25) is 0 Å². The lowest BCUT2D eigenvalue weighted by Crippen LogP contribution is -2.48. The summed E-state index contributed by atoms with van der Waals surface area (Å²) in [6.45, 7) is 7.14. The van der Waals surface area contributed by atoms with E-state index < -0.39 is 18.0 Å². The van der Waals surface area contributed by atoms with Gasteiger partial charge in [-0.15, -0.1) is 0 Å². The van der Waals surface area contributed by atoms with E-state index in [0.29, 0.717) is 12.2 Å². The summed E-state index contributed by atoms with van der Waals surface area (Å²) in [6, 6.07) is -1.46. The zero-order chi connectivity index (χ0) is 15.7. The summed E-state index contributed by atoms with van der Waals surface area (Å²) < 4.78 is 0. The summed E-state index contributed by atoms with van der Waals surface area (Å²) >= 11 is 0. The van der Waals surface area contributed by atoms with E-state index in [1.54, 1.807) is 0 Å². The molecule has 0 saturated carbocycles. The molecule has 0 fully saturated rings. The van der Waals surface area contributed by atoms with Gasteiger partial charge in [-0.25, -0.2) is 14.6 Å². The summed E-state index contributed by atoms with van der Waals surface area (Å²) in [5.74, 6) is -1.08. The topological polar surface area (TPSA) is 110 Å². The van der Waals surface area contributed by atoms with E-state index in [2.05, 4.69) is 39.3 Å². The Bertz CT molecular complexity index is 431. The number of aromatic amines is 1. The summed E-state index contributed by atoms with van der Waals surface area (Å²) in [7, 11) is 0. The minimum absolute atomic E-state index is 0.165. The molecule has 0 saturated heterocycles. The Labute approximate surface area is 123 Å². The predicted octanol–water partition coefficient (Wildman–Crippen LogP) is 0.0464. The molecule has 0 aromatic carbocycles. The number of nitrogens with one attached hydrogen (secondary N) is 3. The average Bonchev–Trinajstić information content (AvgIpc) is 2.96. The third-order valence-electron chi connectivity index (χ3n) is 3.19. The molecule has 0 bridgehead atoms. The van der Waals surface area contributed by atoms with Crippen molar-refractivity contribution in [3.63, 3.8) is 0 Å². The first-order valence-corrected chi connectivity index (χ1v) is 7.03. The van der Waals surface area contributed by atoms with Crippen molar-refractivity contribution >= 4 is 12.0 Å². The maximum atomic E-state index is 11.7. The van der Waals surface area contributed by atoms with Crippen molar-refractivity contribution in [2.45, 2.75) is 26.3 Å². The molecule has 1 aromatic heterocycles. The van der Waals surface area contributed by atoms with Crippen molar-refractivity contribution in [2.75, 3.05) is 26.2 Å². The molecule has 0 unspecified atom stereocenters. The lowest BCUT2D eigenvalue weighted by molar-refractivity contribution is -0.139. The Morgan fingerprint density at radius 2 is 2.14 bits per heavy atom. The number of imidazole rings is 1. The molecule has 0 aliphatic carbocycles. The number of hydrogen-bond acceptors (Lipinski definition) is 4. The fourth-order valence-electron chi connectivity index (χ4n) is 1.89. The number of likely N-dealkylation sites (N-methyl/N-ethyl adjacent to an activating group) is 1. The zero-order valence-corrected chi connectivity index (χ0v) is 12.4. The molecular formula is C13H23N5O3. The molecule has 0 radical (unpaired) electrons. The summed E-state index contributed by atoms with van der Waals surface area (Å²) in [4.78, 5) is 31.7. The lowest BCUT2D eigenvalue weighted by atomic mass is 10.2. The van der Waals surface area contributed by atoms with Gasteiger partial charge in [0.2, 0.25) is 0 Å². The molecule has 8 nitrogen and oxygen atoms in total. The van der Waals surface area contributed by atoms with E-state index in [1.165, 1.54) is 12.5 Å². The largest absolute Gasteiger partial charge is 0.480 e. The second-order valence-corrected chi connectivity index (χ2v) is 4.60. The Kier molecular flexibility index (Phi) is 7.24. The third-order valence-corrected chi connectivity index (χ3v) is 3.19. The number of amides is 2. The second-order valence-electron chi connectivity index (χ2n) is 4.60. The normalized spacial score (nSPS) is 12.1. The molecule has 0 aliphatic heterocycles. The van der Waals surface area contributed by atoms with Crippen molar-refractivity contribution in [1.82, 2.24) is 25.5 Å². The summed E-state index contributed by atoms with van der Waals surface area (Å²) in [6.07, 6.45) is 3.17. The van der Waals surface area contributed by atoms with Gasteiger partial charge in [-0.3, -0.25) is 0 Å². The van der Waals surface area contributed by atoms with Gasteiger partial charge in [0.1, 0.15) is 6.04 Å². The second kappa shape index (κ2) is 8.96. The number of hydrogen-bond donors (Lipinski definition) is 4. The first-order chi connectivity index (χ1) is 10.1. The first kappa shape index (κ1) is 17.0. The minimum Gasteiger partial charge on any atom is -0.480 e. The van der Waals surface area contributed by atoms with Gasteiger partial charge in [0.15, 0.2) is 0 Å². The van der Waals surface area contributed by atoms with Crippen LogP contribution in [-0.4, -0.2) is 64.2 Å². The predicted molar refractivity (Wildman–Crippen MR) is 78.0 cm³/mol. The number of aromatic nitrogens is 2. The molecule has 1 heterocycles. The van der Waals surface area contributed by atoms with Crippen LogP contribution in [0.4, 0.5) is 4.79 Å². The molecule has 1 atom stereocenters. The maximum Gasteiger partial charge on any atom is 0.326 e. The van der Waals surface area contributed by atoms with Crippen molar-refractivity contribution in [3.8, 4) is 0 Å². The third kappa shape index (κ3) is 6.26. The number of H-pyrrole nitrogens is 1. The van der Waals surface area contributed by atoms with Gasteiger partial charge in [0, 0.05) is 31.4 Å². The van der Waals surface area contributed by atoms with Crippen molar-refractivity contribution in [3.05, 3.63) is 18.2 Å². The van der Waals surface area contributed by atoms with E-state index in [-0.39, 0.29) is 6.42 Å². The number of carbonyl (C=O) groups is 2. The SMILES string of the molecule is CCN(CC)CCNC(=O)N[C@@H](Cc1cnc[nH]1)C(=O)O. The maximum absolute atomic E-state index is 11.7. The number of urea groups is 1. The molecule has 8 heteroatoms. The monoisotopic (exact) mass is 297 g/mol. The molecule has 2 amide bonds. The van der Waals surface area contributed by atoms with Crippen LogP contribution in [0.1, 0.15) is 19.5 Å². The standard InChI is InChI=1S/C13H23N5O3/c1-3-18(4-2)6-5-15-13(21)17-11(12(19)20)7-10-8-14-9-16-10/h8-9,11H,3-7H2,1-2H3,(H,14,16)(H,19,20)(H2,15,17,21)/t11-/m0/s1. The average molecular weight is 297 g/mol. The fourth-order valence-corrected chi connectivity index (χ4v) is 1.89. The van der Waals surface area contributed by atoms with Crippen LogP contribution in [0.15, 0.2) is 12.5 Å². The van der Waals surface area contributed by atoms with Crippen LogP contribution < -0.4 is 10.6 Å². The Balaban J connectivity index is 2.37. The van der Waals surface area contributed by atoms with Gasteiger partial charge in [0.05, 0.1) is 6.33 Å². The van der Waals surface area contributed by atoms with E-state index in [9.17, 15) is 9.59 Å². The molecule has 1 rings (SSSR count). The molecule has 0 aliphatic rings. The number of nitrogens with zero attached hydrogens (tertiary/aromatic N) is 2. The highest BCUT2D eigenvalue weighted by Gasteiger charge is 2.20. The highest BCUT2D eigenvalue weighted by molar-refractivity contribution is 5.82. The van der Waals surface area contributed by atoms with Crippen LogP contribution in [-0.2, 0) is 11.2 Å². The molecule has 0 spiro atoms. The van der Waals surface area contributed by atoms with Gasteiger partial charge in [0.25, 0.3) is 0 Å². The number of carbonyl (C=O) groups excluding carboxylic acids is 1. The van der Waals surface area contributed by atoms with E-state index in [1.807, 2.05) is 0 Å². The fraction of sp³-hybridized carbons (Fsp3) is 0.615. The molecule has 118 valence electrons. The van der Waals surface area contributed by atoms with Gasteiger partial charge >= 0.3 is 12.0 Å². The Morgan fingerprint density at radius 3 is 2.67 bits per heavy atom. The highest BCUT2D eigenvalue weighted by atomic mass is 16.4. The first-order valence-electron chi connectivity index (χ1n) is 7.03. The van der Waals surface area contributed by atoms with Crippen LogP contribution in [0, 0.1) is 0 Å². The lowest BCUT2D eigenvalue weighted by Gasteiger charge is -2.19. The van der Waals surface area contributed by atoms with E-state index in [0.717, 1.165) is 19.6 Å². The van der Waals surface area contributed by atoms with E-state index >= 15 is 0 Å². The summed E-state index contributed by atoms with van der Waals surface area (Å²) in [5.41, 5.74) is 0.658. The number of carboxylic acid groups (broad SMARTS) is 1. The molecular weight excluding hydrogens is 274 g/mol.